The summed E-state index contributed by atoms with van der Waals surface area (Å²) in [4.78, 5) is 12.0. The second-order valence-electron chi connectivity index (χ2n) is 6.40. The van der Waals surface area contributed by atoms with E-state index in [1.165, 1.54) is 18.2 Å². The van der Waals surface area contributed by atoms with E-state index in [2.05, 4.69) is 15.5 Å². The monoisotopic (exact) mass is 437 g/mol. The molecule has 0 radical (unpaired) electrons. The summed E-state index contributed by atoms with van der Waals surface area (Å²) in [5.74, 6) is 0.112. The Morgan fingerprint density at radius 1 is 1.17 bits per heavy atom. The predicted octanol–water partition coefficient (Wildman–Crippen LogP) is 5.02. The summed E-state index contributed by atoms with van der Waals surface area (Å²) in [7, 11) is 0. The second kappa shape index (κ2) is 9.21. The van der Waals surface area contributed by atoms with Gasteiger partial charge in [0, 0.05) is 0 Å². The van der Waals surface area contributed by atoms with Crippen molar-refractivity contribution in [2.75, 3.05) is 11.1 Å². The van der Waals surface area contributed by atoms with Crippen LogP contribution in [0.4, 0.5) is 18.9 Å². The SMILES string of the molecule is Cc1ccc(C)c(OCc2nnc(SCC(=O)Nc3ccccc3C(F)(F)F)o2)c1. The lowest BCUT2D eigenvalue weighted by Crippen LogP contribution is -2.18. The molecule has 0 unspecified atom stereocenters. The molecule has 0 atom stereocenters. The maximum absolute atomic E-state index is 13.0. The average molecular weight is 437 g/mol. The molecule has 0 aliphatic rings. The van der Waals surface area contributed by atoms with Gasteiger partial charge in [0.1, 0.15) is 5.75 Å². The third kappa shape index (κ3) is 5.76. The number of nitrogens with zero attached hydrogens (tertiary/aromatic N) is 2. The van der Waals surface area contributed by atoms with Crippen molar-refractivity contribution in [3.63, 3.8) is 0 Å². The highest BCUT2D eigenvalue weighted by molar-refractivity contribution is 7.99. The second-order valence-corrected chi connectivity index (χ2v) is 7.33. The molecule has 10 heteroatoms. The van der Waals surface area contributed by atoms with Crippen LogP contribution in [0.3, 0.4) is 0 Å². The number of para-hydroxylation sites is 1. The first-order valence-corrected chi connectivity index (χ1v) is 9.82. The summed E-state index contributed by atoms with van der Waals surface area (Å²) in [5.41, 5.74) is 0.803. The molecule has 1 aromatic heterocycles. The van der Waals surface area contributed by atoms with Gasteiger partial charge in [0.05, 0.1) is 17.0 Å². The van der Waals surface area contributed by atoms with Gasteiger partial charge in [-0.05, 0) is 43.2 Å². The first-order chi connectivity index (χ1) is 14.2. The molecule has 3 aromatic rings. The van der Waals surface area contributed by atoms with Crippen molar-refractivity contribution in [3.05, 3.63) is 65.0 Å². The molecule has 0 spiro atoms. The number of hydrogen-bond donors (Lipinski definition) is 1. The van der Waals surface area contributed by atoms with Crippen LogP contribution in [0.5, 0.6) is 5.75 Å². The molecule has 0 saturated carbocycles. The number of anilines is 1. The minimum atomic E-state index is -4.56. The number of alkyl halides is 3. The van der Waals surface area contributed by atoms with E-state index in [1.54, 1.807) is 0 Å². The number of carbonyl (C=O) groups excluding carboxylic acids is 1. The zero-order valence-corrected chi connectivity index (χ0v) is 16.9. The van der Waals surface area contributed by atoms with Gasteiger partial charge >= 0.3 is 6.18 Å². The fraction of sp³-hybridized carbons (Fsp3) is 0.250. The summed E-state index contributed by atoms with van der Waals surface area (Å²) in [5, 5.41) is 10.0. The molecule has 6 nitrogen and oxygen atoms in total. The normalized spacial score (nSPS) is 11.4. The number of halogens is 3. The van der Waals surface area contributed by atoms with Crippen molar-refractivity contribution in [2.45, 2.75) is 31.9 Å². The Labute approximate surface area is 174 Å². The number of ether oxygens (including phenoxy) is 1. The van der Waals surface area contributed by atoms with Crippen molar-refractivity contribution >= 4 is 23.4 Å². The first kappa shape index (κ1) is 21.7. The fourth-order valence-corrected chi connectivity index (χ4v) is 3.09. The Balaban J connectivity index is 1.53. The minimum absolute atomic E-state index is 0.0585. The van der Waals surface area contributed by atoms with Crippen molar-refractivity contribution in [1.82, 2.24) is 10.2 Å². The molecule has 158 valence electrons. The van der Waals surface area contributed by atoms with E-state index < -0.39 is 17.6 Å². The molecule has 0 bridgehead atoms. The molecule has 1 heterocycles. The molecular weight excluding hydrogens is 419 g/mol. The Morgan fingerprint density at radius 3 is 2.70 bits per heavy atom. The molecule has 2 aromatic carbocycles. The van der Waals surface area contributed by atoms with Crippen molar-refractivity contribution in [3.8, 4) is 5.75 Å². The average Bonchev–Trinajstić information content (AvgIpc) is 3.14. The lowest BCUT2D eigenvalue weighted by Gasteiger charge is -2.13. The van der Waals surface area contributed by atoms with Crippen LogP contribution in [0, 0.1) is 13.8 Å². The van der Waals surface area contributed by atoms with Crippen molar-refractivity contribution < 1.29 is 27.1 Å². The number of carbonyl (C=O) groups is 1. The number of aromatic nitrogens is 2. The molecule has 0 aliphatic carbocycles. The van der Waals surface area contributed by atoms with E-state index in [4.69, 9.17) is 9.15 Å². The topological polar surface area (TPSA) is 77.2 Å². The Morgan fingerprint density at radius 2 is 1.93 bits per heavy atom. The highest BCUT2D eigenvalue weighted by Crippen LogP contribution is 2.34. The van der Waals surface area contributed by atoms with Gasteiger partial charge in [-0.3, -0.25) is 4.79 Å². The molecule has 0 saturated heterocycles. The number of nitrogens with one attached hydrogen (secondary N) is 1. The maximum Gasteiger partial charge on any atom is 0.418 e. The number of thioether (sulfide) groups is 1. The van der Waals surface area contributed by atoms with Crippen LogP contribution in [-0.4, -0.2) is 21.9 Å². The highest BCUT2D eigenvalue weighted by atomic mass is 32.2. The Hall–Kier alpha value is -3.01. The zero-order chi connectivity index (χ0) is 21.7. The number of benzene rings is 2. The van der Waals surface area contributed by atoms with Crippen LogP contribution < -0.4 is 10.1 Å². The van der Waals surface area contributed by atoms with Gasteiger partial charge in [0.15, 0.2) is 6.61 Å². The van der Waals surface area contributed by atoms with E-state index in [-0.39, 0.29) is 29.2 Å². The molecular formula is C20H18F3N3O3S. The Bertz CT molecular complexity index is 1040. The van der Waals surface area contributed by atoms with Gasteiger partial charge in [-0.25, -0.2) is 0 Å². The van der Waals surface area contributed by atoms with Crippen LogP contribution in [0.25, 0.3) is 0 Å². The molecule has 0 fully saturated rings. The third-order valence-corrected chi connectivity index (χ3v) is 4.79. The molecule has 0 aliphatic heterocycles. The standard InChI is InChI=1S/C20H18F3N3O3S/c1-12-7-8-13(2)16(9-12)28-10-18-25-26-19(29-18)30-11-17(27)24-15-6-4-3-5-14(15)20(21,22)23/h3-9H,10-11H2,1-2H3,(H,24,27). The van der Waals surface area contributed by atoms with E-state index >= 15 is 0 Å². The van der Waals surface area contributed by atoms with Gasteiger partial charge in [-0.15, -0.1) is 10.2 Å². The Kier molecular flexibility index (Phi) is 6.66. The fourth-order valence-electron chi connectivity index (χ4n) is 2.51. The molecule has 1 amide bonds. The summed E-state index contributed by atoms with van der Waals surface area (Å²) in [6.07, 6.45) is -4.56. The lowest BCUT2D eigenvalue weighted by molar-refractivity contribution is -0.137. The van der Waals surface area contributed by atoms with Gasteiger partial charge < -0.3 is 14.5 Å². The third-order valence-electron chi connectivity index (χ3n) is 3.98. The minimum Gasteiger partial charge on any atom is -0.484 e. The number of amides is 1. The maximum atomic E-state index is 13.0. The molecule has 30 heavy (non-hydrogen) atoms. The largest absolute Gasteiger partial charge is 0.484 e. The zero-order valence-electron chi connectivity index (χ0n) is 16.1. The van der Waals surface area contributed by atoms with Crippen LogP contribution in [-0.2, 0) is 17.6 Å². The highest BCUT2D eigenvalue weighted by Gasteiger charge is 2.33. The first-order valence-electron chi connectivity index (χ1n) is 8.83. The number of hydrogen-bond acceptors (Lipinski definition) is 6. The van der Waals surface area contributed by atoms with E-state index in [0.29, 0.717) is 5.75 Å². The van der Waals surface area contributed by atoms with E-state index in [0.717, 1.165) is 29.0 Å². The van der Waals surface area contributed by atoms with Crippen LogP contribution in [0.1, 0.15) is 22.6 Å². The summed E-state index contributed by atoms with van der Waals surface area (Å²) >= 11 is 0.920. The van der Waals surface area contributed by atoms with E-state index in [1.807, 2.05) is 32.0 Å². The summed E-state index contributed by atoms with van der Waals surface area (Å²) < 4.78 is 50.1. The molecule has 3 rings (SSSR count). The smallest absolute Gasteiger partial charge is 0.418 e. The van der Waals surface area contributed by atoms with Crippen molar-refractivity contribution in [1.29, 1.82) is 0 Å². The number of aryl methyl sites for hydroxylation is 2. The van der Waals surface area contributed by atoms with Crippen LogP contribution >= 0.6 is 11.8 Å². The summed E-state index contributed by atoms with van der Waals surface area (Å²) in [6, 6.07) is 10.6. The predicted molar refractivity (Wildman–Crippen MR) is 105 cm³/mol. The van der Waals surface area contributed by atoms with Crippen molar-refractivity contribution in [2.24, 2.45) is 0 Å². The van der Waals surface area contributed by atoms with E-state index in [9.17, 15) is 18.0 Å². The van der Waals surface area contributed by atoms with Gasteiger partial charge in [-0.2, -0.15) is 13.2 Å². The summed E-state index contributed by atoms with van der Waals surface area (Å²) in [6.45, 7) is 3.92. The van der Waals surface area contributed by atoms with Gasteiger partial charge in [-0.1, -0.05) is 36.0 Å². The number of rotatable bonds is 7. The van der Waals surface area contributed by atoms with Crippen LogP contribution in [0.15, 0.2) is 52.1 Å². The van der Waals surface area contributed by atoms with Gasteiger partial charge in [0.2, 0.25) is 5.91 Å². The lowest BCUT2D eigenvalue weighted by atomic mass is 10.1. The quantitative estimate of drug-likeness (QED) is 0.524. The van der Waals surface area contributed by atoms with Crippen LogP contribution in [0.2, 0.25) is 0 Å². The molecule has 1 N–H and O–H groups in total. The van der Waals surface area contributed by atoms with Gasteiger partial charge in [0.25, 0.3) is 11.1 Å².